The van der Waals surface area contributed by atoms with Crippen molar-refractivity contribution in [3.8, 4) is 5.88 Å². The maximum Gasteiger partial charge on any atom is 0.218 e. The summed E-state index contributed by atoms with van der Waals surface area (Å²) in [4.78, 5) is 10.1. The zero-order valence-electron chi connectivity index (χ0n) is 8.92. The molecule has 0 saturated carbocycles. The number of hydrogen-bond donors (Lipinski definition) is 1. The van der Waals surface area contributed by atoms with Crippen LogP contribution in [0, 0.1) is 0 Å². The third kappa shape index (κ3) is 2.36. The van der Waals surface area contributed by atoms with E-state index in [0.29, 0.717) is 19.0 Å². The van der Waals surface area contributed by atoms with Crippen molar-refractivity contribution in [2.45, 2.75) is 26.1 Å². The highest BCUT2D eigenvalue weighted by Crippen LogP contribution is 2.21. The van der Waals surface area contributed by atoms with Gasteiger partial charge >= 0.3 is 0 Å². The Kier molecular flexibility index (Phi) is 2.73. The molecule has 1 aliphatic rings. The minimum atomic E-state index is -0.227. The van der Waals surface area contributed by atoms with Crippen LogP contribution in [-0.4, -0.2) is 40.4 Å². The summed E-state index contributed by atoms with van der Waals surface area (Å²) >= 11 is 0. The highest BCUT2D eigenvalue weighted by atomic mass is 16.5. The summed E-state index contributed by atoms with van der Waals surface area (Å²) in [6.07, 6.45) is 1.36. The monoisotopic (exact) mass is 209 g/mol. The van der Waals surface area contributed by atoms with E-state index in [1.807, 2.05) is 18.7 Å². The summed E-state index contributed by atoms with van der Waals surface area (Å²) in [6.45, 7) is 5.18. The second-order valence-corrected chi connectivity index (χ2v) is 3.94. The normalized spacial score (nSPS) is 16.7. The molecule has 1 saturated heterocycles. The minimum absolute atomic E-state index is 0.106. The summed E-state index contributed by atoms with van der Waals surface area (Å²) < 4.78 is 5.46. The molecular formula is C10H15N3O2. The third-order valence-electron chi connectivity index (χ3n) is 2.17. The third-order valence-corrected chi connectivity index (χ3v) is 2.17. The second-order valence-electron chi connectivity index (χ2n) is 3.94. The minimum Gasteiger partial charge on any atom is -0.475 e. The molecule has 1 aromatic heterocycles. The van der Waals surface area contributed by atoms with Crippen molar-refractivity contribution >= 4 is 5.82 Å². The fraction of sp³-hybridized carbons (Fsp3) is 0.600. The van der Waals surface area contributed by atoms with Crippen LogP contribution in [0.3, 0.4) is 0 Å². The molecule has 0 unspecified atom stereocenters. The van der Waals surface area contributed by atoms with E-state index >= 15 is 0 Å². The molecule has 0 bridgehead atoms. The lowest BCUT2D eigenvalue weighted by atomic mass is 10.2. The van der Waals surface area contributed by atoms with E-state index in [1.165, 1.54) is 6.33 Å². The van der Waals surface area contributed by atoms with Crippen LogP contribution in [0.2, 0.25) is 0 Å². The summed E-state index contributed by atoms with van der Waals surface area (Å²) in [5.41, 5.74) is 0. The first kappa shape index (κ1) is 10.2. The number of rotatable bonds is 3. The number of aliphatic hydroxyl groups excluding tert-OH is 1. The Balaban J connectivity index is 2.06. The Hall–Kier alpha value is -1.36. The van der Waals surface area contributed by atoms with E-state index in [2.05, 4.69) is 9.97 Å². The average molecular weight is 209 g/mol. The van der Waals surface area contributed by atoms with Crippen LogP contribution in [0.1, 0.15) is 13.8 Å². The number of β-amino-alcohol motifs (C(OH)–C–C–N with tert-alkyl or cyclic N) is 1. The Labute approximate surface area is 88.7 Å². The fourth-order valence-corrected chi connectivity index (χ4v) is 1.45. The van der Waals surface area contributed by atoms with Crippen molar-refractivity contribution in [1.29, 1.82) is 0 Å². The lowest BCUT2D eigenvalue weighted by Crippen LogP contribution is -2.51. The summed E-state index contributed by atoms with van der Waals surface area (Å²) in [7, 11) is 0. The number of aromatic nitrogens is 2. The number of nitrogens with zero attached hydrogens (tertiary/aromatic N) is 3. The van der Waals surface area contributed by atoms with E-state index in [-0.39, 0.29) is 12.2 Å². The van der Waals surface area contributed by atoms with Crippen LogP contribution in [0.15, 0.2) is 12.4 Å². The van der Waals surface area contributed by atoms with Crippen molar-refractivity contribution in [3.63, 3.8) is 0 Å². The van der Waals surface area contributed by atoms with Gasteiger partial charge < -0.3 is 14.7 Å². The summed E-state index contributed by atoms with van der Waals surface area (Å²) in [6, 6.07) is 1.80. The van der Waals surface area contributed by atoms with Crippen LogP contribution in [0.4, 0.5) is 5.82 Å². The molecular weight excluding hydrogens is 194 g/mol. The largest absolute Gasteiger partial charge is 0.475 e. The Morgan fingerprint density at radius 2 is 2.20 bits per heavy atom. The van der Waals surface area contributed by atoms with Gasteiger partial charge in [0.05, 0.1) is 12.2 Å². The molecule has 82 valence electrons. The zero-order chi connectivity index (χ0) is 10.8. The average Bonchev–Trinajstić information content (AvgIpc) is 2.12. The van der Waals surface area contributed by atoms with Crippen LogP contribution in [0.25, 0.3) is 0 Å². The Morgan fingerprint density at radius 1 is 1.47 bits per heavy atom. The van der Waals surface area contributed by atoms with Crippen LogP contribution < -0.4 is 9.64 Å². The van der Waals surface area contributed by atoms with Crippen molar-refractivity contribution in [2.75, 3.05) is 18.0 Å². The van der Waals surface area contributed by atoms with Crippen LogP contribution in [0.5, 0.6) is 5.88 Å². The summed E-state index contributed by atoms with van der Waals surface area (Å²) in [5.74, 6) is 1.39. The molecule has 1 N–H and O–H groups in total. The number of ether oxygens (including phenoxy) is 1. The number of hydrogen-bond acceptors (Lipinski definition) is 5. The SMILES string of the molecule is CC(C)Oc1cc(N2CC(O)C2)ncn1. The van der Waals surface area contributed by atoms with Gasteiger partial charge in [0.15, 0.2) is 0 Å². The maximum atomic E-state index is 9.18. The first-order valence-electron chi connectivity index (χ1n) is 5.07. The predicted molar refractivity (Wildman–Crippen MR) is 56.0 cm³/mol. The zero-order valence-corrected chi connectivity index (χ0v) is 8.92. The molecule has 1 fully saturated rings. The Bertz CT molecular complexity index is 337. The molecule has 0 amide bonds. The molecule has 0 atom stereocenters. The number of anilines is 1. The summed E-state index contributed by atoms with van der Waals surface area (Å²) in [5, 5.41) is 9.18. The first-order valence-corrected chi connectivity index (χ1v) is 5.07. The van der Waals surface area contributed by atoms with E-state index in [4.69, 9.17) is 4.74 Å². The van der Waals surface area contributed by atoms with Crippen LogP contribution in [-0.2, 0) is 0 Å². The topological polar surface area (TPSA) is 58.5 Å². The molecule has 2 heterocycles. The van der Waals surface area contributed by atoms with Gasteiger partial charge in [0.25, 0.3) is 0 Å². The van der Waals surface area contributed by atoms with E-state index in [1.54, 1.807) is 6.07 Å². The molecule has 15 heavy (non-hydrogen) atoms. The second kappa shape index (κ2) is 4.02. The van der Waals surface area contributed by atoms with Crippen molar-refractivity contribution in [3.05, 3.63) is 12.4 Å². The van der Waals surface area contributed by atoms with Gasteiger partial charge in [-0.15, -0.1) is 0 Å². The maximum absolute atomic E-state index is 9.18. The van der Waals surface area contributed by atoms with Crippen LogP contribution >= 0.6 is 0 Å². The van der Waals surface area contributed by atoms with Gasteiger partial charge in [-0.2, -0.15) is 0 Å². The first-order chi connectivity index (χ1) is 7.15. The van der Waals surface area contributed by atoms with E-state index in [9.17, 15) is 5.11 Å². The van der Waals surface area contributed by atoms with Gasteiger partial charge in [0.2, 0.25) is 5.88 Å². The van der Waals surface area contributed by atoms with Gasteiger partial charge in [0, 0.05) is 19.2 Å². The molecule has 2 rings (SSSR count). The fourth-order valence-electron chi connectivity index (χ4n) is 1.45. The molecule has 5 heteroatoms. The van der Waals surface area contributed by atoms with Gasteiger partial charge in [-0.3, -0.25) is 0 Å². The molecule has 1 aliphatic heterocycles. The smallest absolute Gasteiger partial charge is 0.218 e. The van der Waals surface area contributed by atoms with Gasteiger partial charge in [-0.1, -0.05) is 0 Å². The van der Waals surface area contributed by atoms with Crippen molar-refractivity contribution in [2.24, 2.45) is 0 Å². The van der Waals surface area contributed by atoms with Crippen molar-refractivity contribution in [1.82, 2.24) is 9.97 Å². The van der Waals surface area contributed by atoms with Gasteiger partial charge in [-0.25, -0.2) is 9.97 Å². The molecule has 0 aromatic carbocycles. The molecule has 0 radical (unpaired) electrons. The number of aliphatic hydroxyl groups is 1. The predicted octanol–water partition coefficient (Wildman–Crippen LogP) is 0.445. The molecule has 0 spiro atoms. The quantitative estimate of drug-likeness (QED) is 0.783. The van der Waals surface area contributed by atoms with E-state index < -0.39 is 0 Å². The Morgan fingerprint density at radius 3 is 2.80 bits per heavy atom. The standard InChI is InChI=1S/C10H15N3O2/c1-7(2)15-10-3-9(11-6-12-10)13-4-8(14)5-13/h3,6-8,14H,4-5H2,1-2H3. The lowest BCUT2D eigenvalue weighted by Gasteiger charge is -2.36. The highest BCUT2D eigenvalue weighted by molar-refractivity contribution is 5.43. The van der Waals surface area contributed by atoms with E-state index in [0.717, 1.165) is 5.82 Å². The highest BCUT2D eigenvalue weighted by Gasteiger charge is 2.25. The molecule has 0 aliphatic carbocycles. The lowest BCUT2D eigenvalue weighted by molar-refractivity contribution is 0.141. The van der Waals surface area contributed by atoms with Crippen molar-refractivity contribution < 1.29 is 9.84 Å². The molecule has 5 nitrogen and oxygen atoms in total. The van der Waals surface area contributed by atoms with Gasteiger partial charge in [0.1, 0.15) is 12.1 Å². The van der Waals surface area contributed by atoms with Gasteiger partial charge in [-0.05, 0) is 13.8 Å². The molecule has 1 aromatic rings.